The Hall–Kier alpha value is -1.51. The lowest BCUT2D eigenvalue weighted by Gasteiger charge is -2.14. The second-order valence-corrected chi connectivity index (χ2v) is 5.12. The van der Waals surface area contributed by atoms with Crippen molar-refractivity contribution in [1.82, 2.24) is 5.32 Å². The maximum atomic E-state index is 12.1. The van der Waals surface area contributed by atoms with Gasteiger partial charge in [0.05, 0.1) is 5.56 Å². The third-order valence-corrected chi connectivity index (χ3v) is 3.60. The Morgan fingerprint density at radius 1 is 1.41 bits per heavy atom. The summed E-state index contributed by atoms with van der Waals surface area (Å²) in [6.07, 6.45) is 3.37. The molecule has 0 aliphatic heterocycles. The highest BCUT2D eigenvalue weighted by atomic mass is 16.1. The fourth-order valence-electron chi connectivity index (χ4n) is 2.48. The molecule has 0 saturated heterocycles. The van der Waals surface area contributed by atoms with E-state index in [0.29, 0.717) is 17.3 Å². The minimum absolute atomic E-state index is 0.0368. The van der Waals surface area contributed by atoms with Crippen LogP contribution in [0.3, 0.4) is 0 Å². The van der Waals surface area contributed by atoms with Crippen LogP contribution in [0, 0.1) is 12.8 Å². The molecule has 17 heavy (non-hydrogen) atoms. The molecule has 1 amide bonds. The van der Waals surface area contributed by atoms with Crippen molar-refractivity contribution in [2.45, 2.75) is 39.2 Å². The molecule has 2 atom stereocenters. The second kappa shape index (κ2) is 4.78. The number of para-hydroxylation sites is 1. The van der Waals surface area contributed by atoms with Crippen LogP contribution in [0.4, 0.5) is 5.69 Å². The maximum Gasteiger partial charge on any atom is 0.253 e. The minimum atomic E-state index is -0.0368. The Morgan fingerprint density at radius 2 is 2.18 bits per heavy atom. The molecule has 1 aliphatic carbocycles. The normalized spacial score (nSPS) is 23.6. The highest BCUT2D eigenvalue weighted by Crippen LogP contribution is 2.25. The lowest BCUT2D eigenvalue weighted by molar-refractivity contribution is 0.0938. The van der Waals surface area contributed by atoms with Crippen LogP contribution in [0.1, 0.15) is 42.1 Å². The number of anilines is 1. The highest BCUT2D eigenvalue weighted by Gasteiger charge is 2.23. The maximum absolute atomic E-state index is 12.1. The van der Waals surface area contributed by atoms with Crippen molar-refractivity contribution in [2.24, 2.45) is 5.92 Å². The van der Waals surface area contributed by atoms with Gasteiger partial charge in [-0.15, -0.1) is 0 Å². The Labute approximate surface area is 102 Å². The third kappa shape index (κ3) is 2.60. The predicted molar refractivity (Wildman–Crippen MR) is 69.9 cm³/mol. The molecule has 0 bridgehead atoms. The van der Waals surface area contributed by atoms with Crippen molar-refractivity contribution in [3.05, 3.63) is 29.3 Å². The molecule has 1 aromatic rings. The number of carbonyl (C=O) groups excluding carboxylic acids is 1. The van der Waals surface area contributed by atoms with Crippen molar-refractivity contribution in [3.8, 4) is 0 Å². The van der Waals surface area contributed by atoms with Crippen LogP contribution in [-0.4, -0.2) is 11.9 Å². The topological polar surface area (TPSA) is 55.1 Å². The Kier molecular flexibility index (Phi) is 3.36. The smallest absolute Gasteiger partial charge is 0.253 e. The average molecular weight is 232 g/mol. The van der Waals surface area contributed by atoms with Gasteiger partial charge in [-0.2, -0.15) is 0 Å². The zero-order valence-corrected chi connectivity index (χ0v) is 10.5. The molecule has 1 fully saturated rings. The molecule has 0 aromatic heterocycles. The standard InChI is InChI=1S/C14H20N2O/c1-9-6-7-11(8-9)16-14(17)12-5-3-4-10(2)13(12)15/h3-5,9,11H,6-8,15H2,1-2H3,(H,16,17). The fraction of sp³-hybridized carbons (Fsp3) is 0.500. The van der Waals surface area contributed by atoms with Gasteiger partial charge < -0.3 is 11.1 Å². The van der Waals surface area contributed by atoms with E-state index in [-0.39, 0.29) is 5.91 Å². The van der Waals surface area contributed by atoms with E-state index in [0.717, 1.165) is 24.3 Å². The molecule has 0 spiro atoms. The molecule has 1 aliphatic rings. The summed E-state index contributed by atoms with van der Waals surface area (Å²) in [5.74, 6) is 0.681. The van der Waals surface area contributed by atoms with Crippen LogP contribution in [0.15, 0.2) is 18.2 Å². The molecule has 1 saturated carbocycles. The van der Waals surface area contributed by atoms with Gasteiger partial charge in [0.1, 0.15) is 0 Å². The largest absolute Gasteiger partial charge is 0.398 e. The summed E-state index contributed by atoms with van der Waals surface area (Å²) in [7, 11) is 0. The van der Waals surface area contributed by atoms with E-state index in [2.05, 4.69) is 12.2 Å². The van der Waals surface area contributed by atoms with E-state index >= 15 is 0 Å². The summed E-state index contributed by atoms with van der Waals surface area (Å²) in [5, 5.41) is 3.07. The summed E-state index contributed by atoms with van der Waals surface area (Å²) in [6, 6.07) is 5.90. The molecule has 3 nitrogen and oxygen atoms in total. The van der Waals surface area contributed by atoms with Gasteiger partial charge in [-0.3, -0.25) is 4.79 Å². The van der Waals surface area contributed by atoms with E-state index < -0.39 is 0 Å². The number of hydrogen-bond donors (Lipinski definition) is 2. The fourth-order valence-corrected chi connectivity index (χ4v) is 2.48. The Morgan fingerprint density at radius 3 is 2.82 bits per heavy atom. The van der Waals surface area contributed by atoms with Gasteiger partial charge in [-0.1, -0.05) is 19.1 Å². The number of rotatable bonds is 2. The molecular formula is C14H20N2O. The third-order valence-electron chi connectivity index (χ3n) is 3.60. The summed E-state index contributed by atoms with van der Waals surface area (Å²) in [6.45, 7) is 4.15. The van der Waals surface area contributed by atoms with Gasteiger partial charge >= 0.3 is 0 Å². The lowest BCUT2D eigenvalue weighted by Crippen LogP contribution is -2.33. The van der Waals surface area contributed by atoms with E-state index in [1.807, 2.05) is 19.1 Å². The average Bonchev–Trinajstić information content (AvgIpc) is 2.68. The van der Waals surface area contributed by atoms with Crippen LogP contribution in [0.2, 0.25) is 0 Å². The first-order valence-electron chi connectivity index (χ1n) is 6.24. The number of amides is 1. The molecule has 2 rings (SSSR count). The Bertz CT molecular complexity index is 428. The van der Waals surface area contributed by atoms with Crippen molar-refractivity contribution in [3.63, 3.8) is 0 Å². The Balaban J connectivity index is 2.07. The molecule has 0 radical (unpaired) electrons. The quantitative estimate of drug-likeness (QED) is 0.770. The van der Waals surface area contributed by atoms with Gasteiger partial charge in [0.15, 0.2) is 0 Å². The van der Waals surface area contributed by atoms with Crippen molar-refractivity contribution in [1.29, 1.82) is 0 Å². The van der Waals surface area contributed by atoms with Crippen LogP contribution < -0.4 is 11.1 Å². The van der Waals surface area contributed by atoms with Gasteiger partial charge in [-0.05, 0) is 43.7 Å². The highest BCUT2D eigenvalue weighted by molar-refractivity contribution is 5.99. The first-order chi connectivity index (χ1) is 8.08. The number of nitrogen functional groups attached to an aromatic ring is 1. The zero-order valence-electron chi connectivity index (χ0n) is 10.5. The molecule has 0 heterocycles. The minimum Gasteiger partial charge on any atom is -0.398 e. The molecule has 3 N–H and O–H groups in total. The molecule has 3 heteroatoms. The van der Waals surface area contributed by atoms with E-state index in [9.17, 15) is 4.79 Å². The van der Waals surface area contributed by atoms with Gasteiger partial charge in [-0.25, -0.2) is 0 Å². The van der Waals surface area contributed by atoms with Crippen LogP contribution in [0.5, 0.6) is 0 Å². The van der Waals surface area contributed by atoms with E-state index in [4.69, 9.17) is 5.73 Å². The molecule has 2 unspecified atom stereocenters. The number of nitrogens with two attached hydrogens (primary N) is 1. The predicted octanol–water partition coefficient (Wildman–Crippen LogP) is 2.50. The van der Waals surface area contributed by atoms with Crippen molar-refractivity contribution < 1.29 is 4.79 Å². The number of carbonyl (C=O) groups is 1. The number of hydrogen-bond acceptors (Lipinski definition) is 2. The number of benzene rings is 1. The summed E-state index contributed by atoms with van der Waals surface area (Å²) >= 11 is 0. The van der Waals surface area contributed by atoms with Crippen molar-refractivity contribution >= 4 is 11.6 Å². The van der Waals surface area contributed by atoms with E-state index in [1.165, 1.54) is 6.42 Å². The lowest BCUT2D eigenvalue weighted by atomic mass is 10.1. The summed E-state index contributed by atoms with van der Waals surface area (Å²) in [5.41, 5.74) is 8.08. The van der Waals surface area contributed by atoms with Gasteiger partial charge in [0.25, 0.3) is 5.91 Å². The number of aryl methyl sites for hydroxylation is 1. The van der Waals surface area contributed by atoms with Gasteiger partial charge in [0, 0.05) is 11.7 Å². The summed E-state index contributed by atoms with van der Waals surface area (Å²) < 4.78 is 0. The SMILES string of the molecule is Cc1cccc(C(=O)NC2CCC(C)C2)c1N. The van der Waals surface area contributed by atoms with E-state index in [1.54, 1.807) is 6.07 Å². The van der Waals surface area contributed by atoms with Gasteiger partial charge in [0.2, 0.25) is 0 Å². The molecular weight excluding hydrogens is 212 g/mol. The number of nitrogens with one attached hydrogen (secondary N) is 1. The van der Waals surface area contributed by atoms with Crippen molar-refractivity contribution in [2.75, 3.05) is 5.73 Å². The first kappa shape index (κ1) is 12.0. The molecule has 92 valence electrons. The first-order valence-corrected chi connectivity index (χ1v) is 6.24. The van der Waals surface area contributed by atoms with Crippen LogP contribution in [0.25, 0.3) is 0 Å². The van der Waals surface area contributed by atoms with Crippen LogP contribution in [-0.2, 0) is 0 Å². The van der Waals surface area contributed by atoms with Crippen LogP contribution >= 0.6 is 0 Å². The monoisotopic (exact) mass is 232 g/mol. The zero-order chi connectivity index (χ0) is 12.4. The summed E-state index contributed by atoms with van der Waals surface area (Å²) in [4.78, 5) is 12.1. The second-order valence-electron chi connectivity index (χ2n) is 5.12. The molecule has 1 aromatic carbocycles.